The first-order valence-electron chi connectivity index (χ1n) is 21.5. The van der Waals surface area contributed by atoms with Crippen LogP contribution in [0.5, 0.6) is 0 Å². The van der Waals surface area contributed by atoms with Crippen LogP contribution < -0.4 is 0 Å². The third-order valence-electron chi connectivity index (χ3n) is 12.4. The van der Waals surface area contributed by atoms with E-state index in [2.05, 4.69) is 187 Å². The van der Waals surface area contributed by atoms with Gasteiger partial charge in [0.05, 0.1) is 26.9 Å². The van der Waals surface area contributed by atoms with Crippen molar-refractivity contribution in [1.82, 2.24) is 24.5 Å². The van der Waals surface area contributed by atoms with Crippen molar-refractivity contribution >= 4 is 75.0 Å². The zero-order valence-corrected chi connectivity index (χ0v) is 35.2. The maximum absolute atomic E-state index is 5.43. The molecule has 0 fully saturated rings. The molecular weight excluding hydrogens is 799 g/mol. The first-order valence-corrected chi connectivity index (χ1v) is 22.3. The van der Waals surface area contributed by atoms with Gasteiger partial charge in [-0.2, -0.15) is 0 Å². The van der Waals surface area contributed by atoms with E-state index in [1.54, 1.807) is 0 Å². The third-order valence-corrected chi connectivity index (χ3v) is 13.6. The van der Waals surface area contributed by atoms with Gasteiger partial charge in [0.25, 0.3) is 0 Å². The number of benzene rings is 9. The smallest absolute Gasteiger partial charge is 0.164 e. The van der Waals surface area contributed by atoms with Gasteiger partial charge in [-0.1, -0.05) is 182 Å². The number of thiophene rings is 1. The number of hydrogen-bond donors (Lipinski definition) is 0. The molecule has 4 heterocycles. The molecule has 4 aromatic heterocycles. The Morgan fingerprint density at radius 2 is 0.875 bits per heavy atom. The Morgan fingerprint density at radius 3 is 1.58 bits per heavy atom. The van der Waals surface area contributed by atoms with Crippen molar-refractivity contribution in [2.75, 3.05) is 0 Å². The number of hydrogen-bond acceptors (Lipinski definition) is 5. The molecule has 0 atom stereocenters. The highest BCUT2D eigenvalue weighted by Crippen LogP contribution is 2.44. The van der Waals surface area contributed by atoms with Crippen LogP contribution in [0, 0.1) is 0 Å². The summed E-state index contributed by atoms with van der Waals surface area (Å²) in [6.07, 6.45) is 0. The predicted octanol–water partition coefficient (Wildman–Crippen LogP) is 15.4. The van der Waals surface area contributed by atoms with Crippen molar-refractivity contribution < 1.29 is 0 Å². The highest BCUT2D eigenvalue weighted by molar-refractivity contribution is 7.26. The molecule has 13 rings (SSSR count). The molecule has 0 spiro atoms. The molecule has 13 aromatic rings. The van der Waals surface area contributed by atoms with Crippen molar-refractivity contribution in [3.8, 4) is 62.2 Å². The maximum atomic E-state index is 5.43. The normalized spacial score (nSPS) is 11.8. The summed E-state index contributed by atoms with van der Waals surface area (Å²) < 4.78 is 4.81. The molecule has 0 N–H and O–H groups in total. The molecule has 0 aliphatic heterocycles. The van der Waals surface area contributed by atoms with Crippen LogP contribution in [0.4, 0.5) is 0 Å². The molecule has 0 unspecified atom stereocenters. The van der Waals surface area contributed by atoms with E-state index in [-0.39, 0.29) is 0 Å². The Labute approximate surface area is 372 Å². The zero-order valence-electron chi connectivity index (χ0n) is 34.4. The Balaban J connectivity index is 0.877. The first kappa shape index (κ1) is 36.3. The SMILES string of the molecule is c1ccc(-c2nc(-c3ccc(-c4ccc(-c5nc6c7ccccc7ccc6c6c5sc5ccccc56)cc4)cc3)nc(-c3cccc(-n4c5ccccc5c5ccccc54)c3)n2)cc1. The number of para-hydroxylation sites is 2. The first-order chi connectivity index (χ1) is 31.7. The molecule has 9 aromatic carbocycles. The third kappa shape index (κ3) is 5.92. The molecule has 64 heavy (non-hydrogen) atoms. The highest BCUT2D eigenvalue weighted by atomic mass is 32.1. The van der Waals surface area contributed by atoms with Crippen LogP contribution in [0.25, 0.3) is 126 Å². The lowest BCUT2D eigenvalue weighted by Gasteiger charge is -2.12. The van der Waals surface area contributed by atoms with Crippen LogP contribution in [-0.2, 0) is 0 Å². The number of fused-ring (bicyclic) bond motifs is 10. The van der Waals surface area contributed by atoms with Gasteiger partial charge in [0.1, 0.15) is 0 Å². The lowest BCUT2D eigenvalue weighted by Crippen LogP contribution is -2.01. The summed E-state index contributed by atoms with van der Waals surface area (Å²) in [7, 11) is 0. The quantitative estimate of drug-likeness (QED) is 0.157. The number of aromatic nitrogens is 5. The molecule has 6 heteroatoms. The van der Waals surface area contributed by atoms with E-state index in [1.807, 2.05) is 41.7 Å². The van der Waals surface area contributed by atoms with Gasteiger partial charge >= 0.3 is 0 Å². The fraction of sp³-hybridized carbons (Fsp3) is 0. The lowest BCUT2D eigenvalue weighted by molar-refractivity contribution is 1.07. The molecule has 5 nitrogen and oxygen atoms in total. The maximum Gasteiger partial charge on any atom is 0.164 e. The van der Waals surface area contributed by atoms with Gasteiger partial charge in [0.2, 0.25) is 0 Å². The van der Waals surface area contributed by atoms with Crippen LogP contribution in [0.1, 0.15) is 0 Å². The predicted molar refractivity (Wildman–Crippen MR) is 267 cm³/mol. The van der Waals surface area contributed by atoms with Crippen LogP contribution in [0.2, 0.25) is 0 Å². The summed E-state index contributed by atoms with van der Waals surface area (Å²) in [4.78, 5) is 20.7. The molecule has 0 saturated heterocycles. The molecule has 0 radical (unpaired) electrons. The van der Waals surface area contributed by atoms with Gasteiger partial charge in [-0.05, 0) is 46.8 Å². The monoisotopic (exact) mass is 833 g/mol. The lowest BCUT2D eigenvalue weighted by atomic mass is 9.98. The minimum Gasteiger partial charge on any atom is -0.309 e. The van der Waals surface area contributed by atoms with Crippen molar-refractivity contribution in [1.29, 1.82) is 0 Å². The molecule has 0 bridgehead atoms. The molecule has 0 amide bonds. The average molecular weight is 834 g/mol. The Morgan fingerprint density at radius 1 is 0.344 bits per heavy atom. The molecule has 0 saturated carbocycles. The van der Waals surface area contributed by atoms with Crippen molar-refractivity contribution in [2.24, 2.45) is 0 Å². The van der Waals surface area contributed by atoms with Gasteiger partial charge in [-0.15, -0.1) is 11.3 Å². The van der Waals surface area contributed by atoms with E-state index in [1.165, 1.54) is 47.1 Å². The minimum atomic E-state index is 0.620. The Bertz CT molecular complexity index is 3890. The highest BCUT2D eigenvalue weighted by Gasteiger charge is 2.19. The summed E-state index contributed by atoms with van der Waals surface area (Å²) in [5.41, 5.74) is 11.5. The van der Waals surface area contributed by atoms with Gasteiger partial charge in [0, 0.05) is 65.0 Å². The van der Waals surface area contributed by atoms with E-state index >= 15 is 0 Å². The summed E-state index contributed by atoms with van der Waals surface area (Å²) in [6.45, 7) is 0. The van der Waals surface area contributed by atoms with Crippen molar-refractivity contribution in [2.45, 2.75) is 0 Å². The van der Waals surface area contributed by atoms with E-state index in [0.717, 1.165) is 61.3 Å². The van der Waals surface area contributed by atoms with E-state index in [4.69, 9.17) is 19.9 Å². The van der Waals surface area contributed by atoms with Crippen molar-refractivity contribution in [3.05, 3.63) is 212 Å². The topological polar surface area (TPSA) is 56.5 Å². The van der Waals surface area contributed by atoms with E-state index in [0.29, 0.717) is 17.5 Å². The van der Waals surface area contributed by atoms with E-state index < -0.39 is 0 Å². The average Bonchev–Trinajstić information content (AvgIpc) is 3.93. The second kappa shape index (κ2) is 14.7. The van der Waals surface area contributed by atoms with Gasteiger partial charge < -0.3 is 4.57 Å². The van der Waals surface area contributed by atoms with Gasteiger partial charge in [0.15, 0.2) is 17.5 Å². The second-order valence-electron chi connectivity index (χ2n) is 16.2. The van der Waals surface area contributed by atoms with E-state index in [9.17, 15) is 0 Å². The summed E-state index contributed by atoms with van der Waals surface area (Å²) >= 11 is 1.82. The summed E-state index contributed by atoms with van der Waals surface area (Å²) in [6, 6.07) is 74.9. The minimum absolute atomic E-state index is 0.620. The summed E-state index contributed by atoms with van der Waals surface area (Å²) in [5.74, 6) is 1.87. The fourth-order valence-corrected chi connectivity index (χ4v) is 10.6. The Kier molecular flexibility index (Phi) is 8.32. The van der Waals surface area contributed by atoms with Gasteiger partial charge in [-0.25, -0.2) is 19.9 Å². The van der Waals surface area contributed by atoms with Crippen LogP contribution in [0.15, 0.2) is 212 Å². The zero-order chi connectivity index (χ0) is 42.1. The largest absolute Gasteiger partial charge is 0.309 e. The van der Waals surface area contributed by atoms with Crippen LogP contribution >= 0.6 is 11.3 Å². The molecular formula is C58H35N5S. The second-order valence-corrected chi connectivity index (χ2v) is 17.2. The fourth-order valence-electron chi connectivity index (χ4n) is 9.38. The Hall–Kier alpha value is -8.32. The standard InChI is InChI=1S/C58H35N5S/c1-2-14-40(15-3-1)56-60-57(62-58(61-56)42-16-12-17-43(35-42)63-49-22-9-6-19-45(49)46-20-7-10-23-50(46)63)41-31-27-37(28-32-41)36-25-29-39(30-26-36)53-55-52(47-21-8-11-24-51(47)64-55)48-34-33-38-13-4-5-18-44(38)54(48)59-53/h1-35H. The van der Waals surface area contributed by atoms with Gasteiger partial charge in [-0.3, -0.25) is 0 Å². The number of pyridine rings is 1. The molecule has 0 aliphatic carbocycles. The van der Waals surface area contributed by atoms with Crippen LogP contribution in [0.3, 0.4) is 0 Å². The van der Waals surface area contributed by atoms with Crippen LogP contribution in [-0.4, -0.2) is 24.5 Å². The molecule has 298 valence electrons. The summed E-state index contributed by atoms with van der Waals surface area (Å²) in [5, 5.41) is 8.56. The van der Waals surface area contributed by atoms with Crippen molar-refractivity contribution in [3.63, 3.8) is 0 Å². The number of rotatable bonds is 6. The molecule has 0 aliphatic rings. The number of nitrogens with zero attached hydrogens (tertiary/aromatic N) is 5.